The van der Waals surface area contributed by atoms with Crippen molar-refractivity contribution in [3.63, 3.8) is 0 Å². The Morgan fingerprint density at radius 2 is 1.35 bits per heavy atom. The van der Waals surface area contributed by atoms with Crippen LogP contribution in [-0.2, 0) is 9.59 Å². The number of carbonyl (C=O) groups excluding carboxylic acids is 3. The Morgan fingerprint density at radius 1 is 0.774 bits per heavy atom. The molecule has 1 fully saturated rings. The predicted octanol–water partition coefficient (Wildman–Crippen LogP) is 3.64. The van der Waals surface area contributed by atoms with E-state index in [9.17, 15) is 14.4 Å². The number of anilines is 1. The summed E-state index contributed by atoms with van der Waals surface area (Å²) in [5.74, 6) is -1.17. The molecular formula is C25H19N3O3. The molecule has 2 heterocycles. The quantitative estimate of drug-likeness (QED) is 0.620. The minimum Gasteiger partial charge on any atom is -0.274 e. The highest BCUT2D eigenvalue weighted by Gasteiger charge is 2.60. The first-order valence-electron chi connectivity index (χ1n) is 10.1. The Hall–Kier alpha value is -4.06. The van der Waals surface area contributed by atoms with Crippen LogP contribution in [0, 0.1) is 0 Å². The molecule has 2 aliphatic rings. The van der Waals surface area contributed by atoms with Crippen LogP contribution in [0.15, 0.2) is 96.1 Å². The van der Waals surface area contributed by atoms with Gasteiger partial charge in [-0.3, -0.25) is 14.4 Å². The molecule has 0 radical (unpaired) electrons. The molecule has 1 saturated heterocycles. The van der Waals surface area contributed by atoms with Crippen LogP contribution in [0.3, 0.4) is 0 Å². The van der Waals surface area contributed by atoms with Gasteiger partial charge in [-0.2, -0.15) is 5.10 Å². The van der Waals surface area contributed by atoms with E-state index in [-0.39, 0.29) is 18.7 Å². The summed E-state index contributed by atoms with van der Waals surface area (Å²) in [5, 5.41) is 5.81. The summed E-state index contributed by atoms with van der Waals surface area (Å²) in [7, 11) is 0. The zero-order chi connectivity index (χ0) is 21.4. The summed E-state index contributed by atoms with van der Waals surface area (Å²) in [6, 6.07) is 26.9. The van der Waals surface area contributed by atoms with Crippen LogP contribution in [0.4, 0.5) is 5.69 Å². The lowest BCUT2D eigenvalue weighted by atomic mass is 9.88. The highest BCUT2D eigenvalue weighted by molar-refractivity contribution is 6.27. The first kappa shape index (κ1) is 18.9. The predicted molar refractivity (Wildman–Crippen MR) is 116 cm³/mol. The second kappa shape index (κ2) is 7.32. The van der Waals surface area contributed by atoms with Gasteiger partial charge in [0.05, 0.1) is 17.8 Å². The van der Waals surface area contributed by atoms with Gasteiger partial charge >= 0.3 is 0 Å². The van der Waals surface area contributed by atoms with Gasteiger partial charge in [0.1, 0.15) is 0 Å². The van der Waals surface area contributed by atoms with Crippen LogP contribution in [0.2, 0.25) is 0 Å². The van der Waals surface area contributed by atoms with Crippen molar-refractivity contribution in [3.05, 3.63) is 102 Å². The van der Waals surface area contributed by atoms with E-state index in [4.69, 9.17) is 0 Å². The molecule has 3 amide bonds. The molecule has 1 unspecified atom stereocenters. The molecule has 3 aromatic carbocycles. The molecule has 152 valence electrons. The highest BCUT2D eigenvalue weighted by Crippen LogP contribution is 2.42. The molecule has 0 N–H and O–H groups in total. The summed E-state index contributed by atoms with van der Waals surface area (Å²) < 4.78 is 0. The van der Waals surface area contributed by atoms with Gasteiger partial charge in [0.2, 0.25) is 5.91 Å². The molecule has 31 heavy (non-hydrogen) atoms. The van der Waals surface area contributed by atoms with E-state index in [1.165, 1.54) is 9.91 Å². The molecule has 0 saturated carbocycles. The summed E-state index contributed by atoms with van der Waals surface area (Å²) in [4.78, 5) is 41.3. The van der Waals surface area contributed by atoms with Gasteiger partial charge in [0.25, 0.3) is 11.8 Å². The van der Waals surface area contributed by atoms with Crippen LogP contribution in [0.1, 0.15) is 28.8 Å². The molecule has 2 aliphatic heterocycles. The molecule has 0 aliphatic carbocycles. The maximum Gasteiger partial charge on any atom is 0.275 e. The van der Waals surface area contributed by atoms with Crippen molar-refractivity contribution in [2.45, 2.75) is 18.4 Å². The van der Waals surface area contributed by atoms with Gasteiger partial charge in [-0.25, -0.2) is 9.91 Å². The standard InChI is InChI=1S/C25H19N3O3/c29-22-17-25(24(31)27(22)20-14-8-3-9-15-20)16-21(18-10-4-1-5-11-18)26-28(25)23(30)19-12-6-2-7-13-19/h1-15H,16-17H2. The SMILES string of the molecule is O=C1CC2(CC(c3ccccc3)=NN2C(=O)c2ccccc2)C(=O)N1c1ccccc1. The van der Waals surface area contributed by atoms with Crippen molar-refractivity contribution < 1.29 is 14.4 Å². The maximum atomic E-state index is 13.7. The van der Waals surface area contributed by atoms with E-state index in [0.717, 1.165) is 5.56 Å². The lowest BCUT2D eigenvalue weighted by Crippen LogP contribution is -2.52. The number of hydrazone groups is 1. The Labute approximate surface area is 179 Å². The van der Waals surface area contributed by atoms with Crippen molar-refractivity contribution in [3.8, 4) is 0 Å². The Morgan fingerprint density at radius 3 is 2.00 bits per heavy atom. The number of hydrogen-bond donors (Lipinski definition) is 0. The van der Waals surface area contributed by atoms with Crippen molar-refractivity contribution in [1.29, 1.82) is 0 Å². The van der Waals surface area contributed by atoms with Crippen LogP contribution in [0.5, 0.6) is 0 Å². The van der Waals surface area contributed by atoms with Gasteiger partial charge in [-0.05, 0) is 29.8 Å². The number of carbonyl (C=O) groups is 3. The zero-order valence-electron chi connectivity index (χ0n) is 16.6. The third-order valence-corrected chi connectivity index (χ3v) is 5.71. The van der Waals surface area contributed by atoms with Crippen molar-refractivity contribution in [2.24, 2.45) is 5.10 Å². The van der Waals surface area contributed by atoms with E-state index in [1.54, 1.807) is 48.5 Å². The molecule has 0 aromatic heterocycles. The molecule has 3 aromatic rings. The number of nitrogens with zero attached hydrogens (tertiary/aromatic N) is 3. The third kappa shape index (κ3) is 3.04. The minimum absolute atomic E-state index is 0.112. The van der Waals surface area contributed by atoms with E-state index in [2.05, 4.69) is 5.10 Å². The Balaban J connectivity index is 1.60. The van der Waals surface area contributed by atoms with E-state index >= 15 is 0 Å². The molecule has 1 spiro atoms. The topological polar surface area (TPSA) is 70.0 Å². The number of rotatable bonds is 3. The highest BCUT2D eigenvalue weighted by atomic mass is 16.2. The van der Waals surface area contributed by atoms with Gasteiger partial charge in [-0.15, -0.1) is 0 Å². The van der Waals surface area contributed by atoms with Crippen LogP contribution >= 0.6 is 0 Å². The first-order chi connectivity index (χ1) is 15.1. The number of imide groups is 1. The van der Waals surface area contributed by atoms with E-state index in [1.807, 2.05) is 42.5 Å². The lowest BCUT2D eigenvalue weighted by Gasteiger charge is -2.30. The fourth-order valence-corrected chi connectivity index (χ4v) is 4.20. The molecule has 6 nitrogen and oxygen atoms in total. The van der Waals surface area contributed by atoms with Crippen molar-refractivity contribution in [1.82, 2.24) is 5.01 Å². The van der Waals surface area contributed by atoms with Crippen LogP contribution in [-0.4, -0.2) is 34.0 Å². The van der Waals surface area contributed by atoms with E-state index in [0.29, 0.717) is 17.0 Å². The zero-order valence-corrected chi connectivity index (χ0v) is 16.6. The number of amides is 3. The van der Waals surface area contributed by atoms with Gasteiger partial charge in [-0.1, -0.05) is 66.7 Å². The summed E-state index contributed by atoms with van der Waals surface area (Å²) in [5.41, 5.74) is 0.975. The van der Waals surface area contributed by atoms with Crippen LogP contribution < -0.4 is 4.90 Å². The number of benzene rings is 3. The second-order valence-corrected chi connectivity index (χ2v) is 7.65. The summed E-state index contributed by atoms with van der Waals surface area (Å²) in [6.07, 6.45) is 0.0721. The fourth-order valence-electron chi connectivity index (χ4n) is 4.20. The monoisotopic (exact) mass is 409 g/mol. The minimum atomic E-state index is -1.37. The normalized spacial score (nSPS) is 20.5. The average molecular weight is 409 g/mol. The molecule has 0 bridgehead atoms. The molecule has 5 rings (SSSR count). The molecule has 1 atom stereocenters. The second-order valence-electron chi connectivity index (χ2n) is 7.65. The van der Waals surface area contributed by atoms with E-state index < -0.39 is 17.4 Å². The third-order valence-electron chi connectivity index (χ3n) is 5.71. The largest absolute Gasteiger partial charge is 0.275 e. The van der Waals surface area contributed by atoms with Gasteiger partial charge < -0.3 is 0 Å². The maximum absolute atomic E-state index is 13.7. The van der Waals surface area contributed by atoms with Crippen molar-refractivity contribution in [2.75, 3.05) is 4.90 Å². The lowest BCUT2D eigenvalue weighted by molar-refractivity contribution is -0.125. The Kier molecular flexibility index (Phi) is 4.47. The molecular weight excluding hydrogens is 390 g/mol. The summed E-state index contributed by atoms with van der Waals surface area (Å²) >= 11 is 0. The average Bonchev–Trinajstić information content (AvgIpc) is 3.32. The first-order valence-corrected chi connectivity index (χ1v) is 10.1. The van der Waals surface area contributed by atoms with Gasteiger partial charge in [0, 0.05) is 12.0 Å². The number of para-hydroxylation sites is 1. The molecule has 6 heteroatoms. The van der Waals surface area contributed by atoms with Crippen LogP contribution in [0.25, 0.3) is 0 Å². The summed E-state index contributed by atoms with van der Waals surface area (Å²) in [6.45, 7) is 0. The number of hydrogen-bond acceptors (Lipinski definition) is 4. The smallest absolute Gasteiger partial charge is 0.274 e. The van der Waals surface area contributed by atoms with Crippen molar-refractivity contribution >= 4 is 29.1 Å². The Bertz CT molecular complexity index is 1190. The fraction of sp³-hybridized carbons (Fsp3) is 0.120. The van der Waals surface area contributed by atoms with Gasteiger partial charge in [0.15, 0.2) is 5.54 Å².